The van der Waals surface area contributed by atoms with Gasteiger partial charge < -0.3 is 15.4 Å². The molecular formula is C22H33IN4OS. The van der Waals surface area contributed by atoms with Gasteiger partial charge in [0.25, 0.3) is 0 Å². The van der Waals surface area contributed by atoms with Crippen LogP contribution in [0.15, 0.2) is 52.8 Å². The van der Waals surface area contributed by atoms with Crippen molar-refractivity contribution in [3.63, 3.8) is 0 Å². The maximum absolute atomic E-state index is 5.55. The van der Waals surface area contributed by atoms with Crippen molar-refractivity contribution in [1.29, 1.82) is 0 Å². The lowest BCUT2D eigenvalue weighted by Gasteiger charge is -2.35. The van der Waals surface area contributed by atoms with Crippen LogP contribution in [0.2, 0.25) is 0 Å². The van der Waals surface area contributed by atoms with E-state index in [4.69, 9.17) is 4.74 Å². The van der Waals surface area contributed by atoms with Crippen LogP contribution >= 0.6 is 35.3 Å². The van der Waals surface area contributed by atoms with E-state index in [0.29, 0.717) is 6.04 Å². The fraction of sp³-hybridized carbons (Fsp3) is 0.500. The Hall–Kier alpha value is -1.16. The van der Waals surface area contributed by atoms with Crippen LogP contribution in [0.5, 0.6) is 0 Å². The summed E-state index contributed by atoms with van der Waals surface area (Å²) in [6.45, 7) is 9.68. The molecule has 1 aromatic heterocycles. The molecule has 2 aromatic rings. The smallest absolute Gasteiger partial charge is 0.191 e. The maximum atomic E-state index is 5.55. The van der Waals surface area contributed by atoms with E-state index in [0.717, 1.165) is 45.4 Å². The highest BCUT2D eigenvalue weighted by Gasteiger charge is 2.24. The van der Waals surface area contributed by atoms with Gasteiger partial charge in [-0.25, -0.2) is 0 Å². The summed E-state index contributed by atoms with van der Waals surface area (Å²) >= 11 is 1.80. The first-order chi connectivity index (χ1) is 13.6. The van der Waals surface area contributed by atoms with Gasteiger partial charge >= 0.3 is 0 Å². The van der Waals surface area contributed by atoms with E-state index in [-0.39, 0.29) is 29.4 Å². The van der Waals surface area contributed by atoms with E-state index in [9.17, 15) is 0 Å². The summed E-state index contributed by atoms with van der Waals surface area (Å²) in [5, 5.41) is 9.19. The average molecular weight is 529 g/mol. The summed E-state index contributed by atoms with van der Waals surface area (Å²) in [5.41, 5.74) is 1.39. The molecule has 1 aliphatic rings. The van der Waals surface area contributed by atoms with Crippen LogP contribution in [0.25, 0.3) is 0 Å². The normalized spacial score (nSPS) is 16.7. The predicted molar refractivity (Wildman–Crippen MR) is 134 cm³/mol. The molecule has 1 aliphatic heterocycles. The standard InChI is InChI=1S/C22H32N4OS.HI/c1-22(2,20-10-7-15-28-20)17-25-21(23-3)24-16-19(18-8-5-4-6-9-18)26-11-13-27-14-12-26;/h4-10,15,19H,11-14,16-17H2,1-3H3,(H2,23,24,25);1H. The van der Waals surface area contributed by atoms with Gasteiger partial charge in [0, 0.05) is 43.5 Å². The van der Waals surface area contributed by atoms with Crippen molar-refractivity contribution < 1.29 is 4.74 Å². The third-order valence-corrected chi connectivity index (χ3v) is 6.48. The highest BCUT2D eigenvalue weighted by molar-refractivity contribution is 14.0. The Morgan fingerprint density at radius 3 is 2.48 bits per heavy atom. The molecule has 29 heavy (non-hydrogen) atoms. The number of hydrogen-bond acceptors (Lipinski definition) is 4. The molecule has 1 atom stereocenters. The number of nitrogens with zero attached hydrogens (tertiary/aromatic N) is 2. The van der Waals surface area contributed by atoms with Crippen LogP contribution in [0.3, 0.4) is 0 Å². The Kier molecular flexibility index (Phi) is 9.88. The minimum Gasteiger partial charge on any atom is -0.379 e. The average Bonchev–Trinajstić information content (AvgIpc) is 3.28. The van der Waals surface area contributed by atoms with Gasteiger partial charge in [-0.2, -0.15) is 0 Å². The topological polar surface area (TPSA) is 48.9 Å². The van der Waals surface area contributed by atoms with Gasteiger partial charge in [0.2, 0.25) is 0 Å². The van der Waals surface area contributed by atoms with Crippen LogP contribution in [-0.2, 0) is 10.2 Å². The monoisotopic (exact) mass is 528 g/mol. The summed E-state index contributed by atoms with van der Waals surface area (Å²) in [6, 6.07) is 15.3. The molecule has 0 spiro atoms. The van der Waals surface area contributed by atoms with Crippen LogP contribution < -0.4 is 10.6 Å². The minimum atomic E-state index is 0. The molecule has 5 nitrogen and oxygen atoms in total. The Labute approximate surface area is 196 Å². The number of halogens is 1. The first-order valence-corrected chi connectivity index (χ1v) is 10.8. The molecule has 160 valence electrons. The van der Waals surface area contributed by atoms with Crippen molar-refractivity contribution in [3.05, 3.63) is 58.3 Å². The summed E-state index contributed by atoms with van der Waals surface area (Å²) in [4.78, 5) is 8.31. The highest BCUT2D eigenvalue weighted by Crippen LogP contribution is 2.26. The first-order valence-electron chi connectivity index (χ1n) is 9.95. The lowest BCUT2D eigenvalue weighted by atomic mass is 9.91. The van der Waals surface area contributed by atoms with Crippen molar-refractivity contribution >= 4 is 41.3 Å². The second-order valence-electron chi connectivity index (χ2n) is 7.74. The second kappa shape index (κ2) is 11.9. The molecule has 0 bridgehead atoms. The van der Waals surface area contributed by atoms with Gasteiger partial charge in [0.05, 0.1) is 19.3 Å². The van der Waals surface area contributed by atoms with Crippen LogP contribution in [-0.4, -0.2) is 57.3 Å². The third kappa shape index (κ3) is 6.94. The summed E-state index contributed by atoms with van der Waals surface area (Å²) < 4.78 is 5.55. The number of morpholine rings is 1. The van der Waals surface area contributed by atoms with Gasteiger partial charge in [-0.05, 0) is 17.0 Å². The molecule has 1 unspecified atom stereocenters. The number of guanidine groups is 1. The molecule has 0 amide bonds. The molecule has 7 heteroatoms. The van der Waals surface area contributed by atoms with E-state index in [1.165, 1.54) is 10.4 Å². The van der Waals surface area contributed by atoms with Gasteiger partial charge in [0.15, 0.2) is 5.96 Å². The van der Waals surface area contributed by atoms with E-state index >= 15 is 0 Å². The fourth-order valence-electron chi connectivity index (χ4n) is 3.49. The Bertz CT molecular complexity index is 731. The number of benzene rings is 1. The summed E-state index contributed by atoms with van der Waals surface area (Å²) in [7, 11) is 1.83. The van der Waals surface area contributed by atoms with Crippen LogP contribution in [0.1, 0.15) is 30.3 Å². The van der Waals surface area contributed by atoms with Crippen molar-refractivity contribution in [2.45, 2.75) is 25.3 Å². The van der Waals surface area contributed by atoms with Crippen molar-refractivity contribution in [1.82, 2.24) is 15.5 Å². The lowest BCUT2D eigenvalue weighted by Crippen LogP contribution is -2.48. The lowest BCUT2D eigenvalue weighted by molar-refractivity contribution is 0.0170. The predicted octanol–water partition coefficient (Wildman–Crippen LogP) is 3.88. The Morgan fingerprint density at radius 1 is 1.14 bits per heavy atom. The van der Waals surface area contributed by atoms with Gasteiger partial charge in [-0.15, -0.1) is 35.3 Å². The highest BCUT2D eigenvalue weighted by atomic mass is 127. The zero-order valence-corrected chi connectivity index (χ0v) is 20.7. The molecular weight excluding hydrogens is 495 g/mol. The van der Waals surface area contributed by atoms with E-state index < -0.39 is 0 Å². The Balaban J connectivity index is 0.00000300. The van der Waals surface area contributed by atoms with Crippen LogP contribution in [0, 0.1) is 0 Å². The molecule has 3 rings (SSSR count). The fourth-order valence-corrected chi connectivity index (χ4v) is 4.34. The third-order valence-electron chi connectivity index (χ3n) is 5.24. The number of aliphatic imine (C=N–C) groups is 1. The van der Waals surface area contributed by atoms with Crippen LogP contribution in [0.4, 0.5) is 0 Å². The molecule has 1 aromatic carbocycles. The van der Waals surface area contributed by atoms with Gasteiger partial charge in [-0.1, -0.05) is 50.2 Å². The number of hydrogen-bond donors (Lipinski definition) is 2. The number of thiophene rings is 1. The molecule has 0 saturated carbocycles. The maximum Gasteiger partial charge on any atom is 0.191 e. The van der Waals surface area contributed by atoms with Crippen molar-refractivity contribution in [3.8, 4) is 0 Å². The van der Waals surface area contributed by atoms with E-state index in [1.54, 1.807) is 11.3 Å². The molecule has 1 saturated heterocycles. The SMILES string of the molecule is CN=C(NCC(c1ccccc1)N1CCOCC1)NCC(C)(C)c1cccs1.I. The molecule has 1 fully saturated rings. The van der Waals surface area contributed by atoms with Gasteiger partial charge in [-0.3, -0.25) is 9.89 Å². The first kappa shape index (κ1) is 24.1. The quantitative estimate of drug-likeness (QED) is 0.326. The number of ether oxygens (including phenoxy) is 1. The summed E-state index contributed by atoms with van der Waals surface area (Å²) in [5.74, 6) is 0.846. The zero-order valence-electron chi connectivity index (χ0n) is 17.6. The zero-order chi connectivity index (χ0) is 19.8. The largest absolute Gasteiger partial charge is 0.379 e. The van der Waals surface area contributed by atoms with E-state index in [1.807, 2.05) is 7.05 Å². The number of rotatable bonds is 7. The summed E-state index contributed by atoms with van der Waals surface area (Å²) in [6.07, 6.45) is 0. The molecule has 0 aliphatic carbocycles. The van der Waals surface area contributed by atoms with Crippen molar-refractivity contribution in [2.24, 2.45) is 4.99 Å². The Morgan fingerprint density at radius 2 is 1.86 bits per heavy atom. The second-order valence-corrected chi connectivity index (χ2v) is 8.69. The molecule has 2 N–H and O–H groups in total. The molecule has 2 heterocycles. The van der Waals surface area contributed by atoms with Crippen molar-refractivity contribution in [2.75, 3.05) is 46.4 Å². The minimum absolute atomic E-state index is 0. The number of nitrogens with one attached hydrogen (secondary N) is 2. The van der Waals surface area contributed by atoms with Gasteiger partial charge in [0.1, 0.15) is 0 Å². The molecule has 0 radical (unpaired) electrons. The van der Waals surface area contributed by atoms with E-state index in [2.05, 4.69) is 82.2 Å².